The van der Waals surface area contributed by atoms with E-state index in [4.69, 9.17) is 27.5 Å². The third-order valence-electron chi connectivity index (χ3n) is 11.1. The fourth-order valence-electron chi connectivity index (χ4n) is 7.75. The summed E-state index contributed by atoms with van der Waals surface area (Å²) in [6, 6.07) is 0.482. The smallest absolute Gasteiger partial charge is 0.533 e. The Labute approximate surface area is 455 Å². The van der Waals surface area contributed by atoms with Crippen molar-refractivity contribution in [3.05, 3.63) is 12.7 Å². The predicted octanol–water partition coefficient (Wildman–Crippen LogP) is 0.176. The number of alkyl carbamates (subject to hydrolysis) is 2. The molecule has 0 heterocycles. The van der Waals surface area contributed by atoms with Crippen LogP contribution in [0, 0.1) is 10.8 Å². The number of hydrogen-bond acceptors (Lipinski definition) is 23. The van der Waals surface area contributed by atoms with Crippen molar-refractivity contribution in [2.75, 3.05) is 46.2 Å². The summed E-state index contributed by atoms with van der Waals surface area (Å²) in [7, 11) is -61.8. The van der Waals surface area contributed by atoms with Gasteiger partial charge in [-0.1, -0.05) is 59.0 Å². The normalized spacial score (nSPS) is 16.7. The van der Waals surface area contributed by atoms with Crippen LogP contribution in [0.2, 0.25) is 37.8 Å². The highest BCUT2D eigenvalue weighted by atomic mass is 30.1. The monoisotopic (exact) mass is 1340 g/mol. The number of halogens is 3. The Morgan fingerprint density at radius 1 is 0.645 bits per heavy atom. The van der Waals surface area contributed by atoms with Gasteiger partial charge < -0.3 is 101 Å². The molecule has 1 rings (SSSR count). The van der Waals surface area contributed by atoms with E-state index in [1.54, 1.807) is 0 Å². The highest BCUT2D eigenvalue weighted by Gasteiger charge is 2.55. The summed E-state index contributed by atoms with van der Waals surface area (Å²) in [5, 5.41) is 5.65. The van der Waals surface area contributed by atoms with Gasteiger partial charge in [0.05, 0.1) is 6.61 Å². The number of alkyl halides is 3. The summed E-state index contributed by atoms with van der Waals surface area (Å²) in [6.07, 6.45) is -2.97. The van der Waals surface area contributed by atoms with E-state index in [0.29, 0.717) is 38.7 Å². The Morgan fingerprint density at radius 2 is 1.13 bits per heavy atom. The van der Waals surface area contributed by atoms with E-state index in [9.17, 15) is 90.0 Å². The first kappa shape index (κ1) is 71.9. The molecule has 1 fully saturated rings. The molecule has 0 saturated heterocycles. The van der Waals surface area contributed by atoms with E-state index in [0.717, 1.165) is 31.1 Å². The third-order valence-corrected chi connectivity index (χ3v) is 113. The first-order valence-electron chi connectivity index (χ1n) is 23.1. The summed E-state index contributed by atoms with van der Waals surface area (Å²) in [6.45, 7) is 15.1. The van der Waals surface area contributed by atoms with Gasteiger partial charge in [-0.15, -0.1) is 0 Å². The topological polar surface area (TPSA) is 370 Å². The van der Waals surface area contributed by atoms with E-state index >= 15 is 0 Å². The molecule has 2 amide bonds. The lowest BCUT2D eigenvalue weighted by Gasteiger charge is -2.46. The number of hydrogen-bond donors (Lipinski definition) is 2. The number of carbonyl (C=O) groups is 3. The molecular formula is C32H58F3N2O23Si16. The number of esters is 1. The van der Waals surface area contributed by atoms with E-state index in [2.05, 4.69) is 44.2 Å². The van der Waals surface area contributed by atoms with Crippen LogP contribution in [0.1, 0.15) is 65.7 Å². The van der Waals surface area contributed by atoms with Gasteiger partial charge >= 0.3 is 143 Å². The van der Waals surface area contributed by atoms with Gasteiger partial charge in [-0.25, -0.2) is 14.4 Å². The van der Waals surface area contributed by atoms with Crippen LogP contribution in [-0.4, -0.2) is 203 Å². The summed E-state index contributed by atoms with van der Waals surface area (Å²) in [5.74, 6) is -0.631. The number of rotatable bonds is 37. The summed E-state index contributed by atoms with van der Waals surface area (Å²) < 4.78 is 245. The molecule has 25 nitrogen and oxygen atoms in total. The Bertz CT molecular complexity index is 2400. The number of carbonyl (C=O) groups excluding carboxylic acids is 3. The van der Waals surface area contributed by atoms with Crippen molar-refractivity contribution in [1.29, 1.82) is 0 Å². The van der Waals surface area contributed by atoms with E-state index < -0.39 is 163 Å². The molecule has 1 saturated carbocycles. The minimum Gasteiger partial charge on any atom is -0.558 e. The average Bonchev–Trinajstić information content (AvgIpc) is 3.34. The molecule has 1 radical (unpaired) electrons. The molecule has 1 aliphatic rings. The van der Waals surface area contributed by atoms with Crippen LogP contribution in [0.25, 0.3) is 0 Å². The van der Waals surface area contributed by atoms with Gasteiger partial charge in [-0.2, -0.15) is 13.2 Å². The van der Waals surface area contributed by atoms with Crippen molar-refractivity contribution in [2.24, 2.45) is 10.8 Å². The van der Waals surface area contributed by atoms with Crippen molar-refractivity contribution < 1.29 is 118 Å². The molecule has 3 unspecified atom stereocenters. The van der Waals surface area contributed by atoms with Gasteiger partial charge in [0.25, 0.3) is 0 Å². The Morgan fingerprint density at radius 3 is 1.66 bits per heavy atom. The second-order valence-electron chi connectivity index (χ2n) is 19.3. The Hall–Kier alpha value is -2.07. The zero-order valence-corrected chi connectivity index (χ0v) is 58.4. The highest BCUT2D eigenvalue weighted by Crippen LogP contribution is 2.45. The lowest BCUT2D eigenvalue weighted by atomic mass is 9.62. The van der Waals surface area contributed by atoms with Crippen molar-refractivity contribution in [2.45, 2.75) is 116 Å². The van der Waals surface area contributed by atoms with E-state index in [1.165, 1.54) is 0 Å². The van der Waals surface area contributed by atoms with Gasteiger partial charge in [0.2, 0.25) is 0 Å². The average molecular weight is 1350 g/mol. The summed E-state index contributed by atoms with van der Waals surface area (Å²) in [4.78, 5) is 36.1. The third kappa shape index (κ3) is 26.9. The molecule has 0 aromatic rings. The second-order valence-corrected chi connectivity index (χ2v) is 89.7. The molecule has 0 aliphatic heterocycles. The standard InChI is InChI=1S/C32H58F3N2O23Si16/c1-8-27(38)56-17-18-58-29(40)37-26-22-30(2,3)24-31(4,23-26)25-36-28(39)57-16-15-55-13-11-20-75(5,6)19-10-9-14-59-76(7,21-12-32(33,34)35)60-62(42)64(44)66(46)68(48)70(50)72(52)74(54)73(53)71(51)69(49)67(47)65(45)63(43)61-41/h8,26H,1,9-25H2,2-7H3,(H,36,39)(H,37,40). The fraction of sp³-hybridized carbons (Fsp3) is 0.844. The van der Waals surface area contributed by atoms with Gasteiger partial charge in [-0.3, -0.25) is 0 Å². The van der Waals surface area contributed by atoms with Crippen LogP contribution in [0.5, 0.6) is 0 Å². The zero-order valence-electron chi connectivity index (χ0n) is 42.4. The first-order chi connectivity index (χ1) is 35.0. The predicted molar refractivity (Wildman–Crippen MR) is 271 cm³/mol. The van der Waals surface area contributed by atoms with E-state index in [1.807, 2.05) is 6.92 Å². The molecule has 44 heteroatoms. The molecule has 1 aliphatic carbocycles. The van der Waals surface area contributed by atoms with Gasteiger partial charge in [0, 0.05) is 52.4 Å². The SMILES string of the molecule is C=CC(=O)OCCOC(=O)NC1CC(C)(C)CC(C)(CNC(=O)OCCOCCC[Si](C)(C)CCCCO[Si](C)(CCC(F)(F)F)O[Si](=O)[Si](=O)[Si](=O)[Si](=O)[Si](=O)[Si](=O)[Si](=O)[Si](=O)[Si](=O)[Si](=O)[Si](=O)[Si](=O)[Si](=O)[Si]=O)C1. The van der Waals surface area contributed by atoms with Crippen molar-refractivity contribution in [3.63, 3.8) is 0 Å². The minimum atomic E-state index is -4.75. The van der Waals surface area contributed by atoms with Crippen LogP contribution >= 0.6 is 0 Å². The maximum atomic E-state index is 13.3. The minimum absolute atomic E-state index is 0.00866. The fourth-order valence-corrected chi connectivity index (χ4v) is 148. The maximum absolute atomic E-state index is 13.3. The summed E-state index contributed by atoms with van der Waals surface area (Å²) >= 11 is 0. The number of ether oxygens (including phenoxy) is 4. The van der Waals surface area contributed by atoms with E-state index in [-0.39, 0.29) is 56.5 Å². The largest absolute Gasteiger partial charge is 0.558 e. The lowest BCUT2D eigenvalue weighted by Crippen LogP contribution is -2.55. The Balaban J connectivity index is 2.61. The van der Waals surface area contributed by atoms with Crippen LogP contribution in [0.4, 0.5) is 22.8 Å². The van der Waals surface area contributed by atoms with Crippen LogP contribution < -0.4 is 10.6 Å². The second kappa shape index (κ2) is 33.6. The van der Waals surface area contributed by atoms with Gasteiger partial charge in [-0.05, 0) is 49.5 Å². The molecule has 76 heavy (non-hydrogen) atoms. The number of unbranched alkanes of at least 4 members (excludes halogenated alkanes) is 1. The van der Waals surface area contributed by atoms with Crippen molar-refractivity contribution in [1.82, 2.24) is 10.6 Å². The Kier molecular flexibility index (Phi) is 31.8. The first-order valence-corrected chi connectivity index (χ1v) is 61.1. The van der Waals surface area contributed by atoms with Gasteiger partial charge in [0.1, 0.15) is 19.8 Å². The zero-order chi connectivity index (χ0) is 58.4. The molecule has 2 N–H and O–H groups in total. The highest BCUT2D eigenvalue weighted by molar-refractivity contribution is 7.79. The molecule has 0 aromatic heterocycles. The molecule has 0 aromatic carbocycles. The molecular weight excluding hydrogens is 1290 g/mol. The van der Waals surface area contributed by atoms with Crippen LogP contribution in [0.3, 0.4) is 0 Å². The van der Waals surface area contributed by atoms with Crippen LogP contribution in [0.15, 0.2) is 12.7 Å². The van der Waals surface area contributed by atoms with Crippen molar-refractivity contribution >= 4 is 145 Å². The lowest BCUT2D eigenvalue weighted by molar-refractivity contribution is -0.138. The number of nitrogens with one attached hydrogen (secondary N) is 2. The summed E-state index contributed by atoms with van der Waals surface area (Å²) in [5.41, 5.74) is -0.551. The van der Waals surface area contributed by atoms with Gasteiger partial charge in [0.15, 0.2) is 0 Å². The quantitative estimate of drug-likeness (QED) is 0.0275. The number of amides is 2. The van der Waals surface area contributed by atoms with Crippen LogP contribution in [-0.2, 0) is 94.8 Å². The molecule has 419 valence electrons. The maximum Gasteiger partial charge on any atom is 0.533 e. The molecule has 0 spiro atoms. The molecule has 3 atom stereocenters. The molecule has 0 bridgehead atoms. The van der Waals surface area contributed by atoms with Crippen molar-refractivity contribution in [3.8, 4) is 0 Å².